The lowest BCUT2D eigenvalue weighted by Gasteiger charge is -2.09. The van der Waals surface area contributed by atoms with Crippen LogP contribution in [0.4, 0.5) is 5.69 Å². The third-order valence-corrected chi connectivity index (χ3v) is 4.53. The standard InChI is InChI=1S/C17H16N2O2S/c1-2-9-18-16(20)11-7-8-15-13(10-11)19-17(21)12-5-3-4-6-14(12)22-15/h3-8,10H,2,9H2,1H3,(H,18,20)(H,19,21). The van der Waals surface area contributed by atoms with Gasteiger partial charge in [0.25, 0.3) is 11.8 Å². The number of benzene rings is 2. The molecule has 1 heterocycles. The summed E-state index contributed by atoms with van der Waals surface area (Å²) in [5.74, 6) is -0.265. The van der Waals surface area contributed by atoms with Gasteiger partial charge in [0.1, 0.15) is 0 Å². The number of hydrogen-bond acceptors (Lipinski definition) is 3. The Hall–Kier alpha value is -2.27. The summed E-state index contributed by atoms with van der Waals surface area (Å²) in [4.78, 5) is 26.2. The second-order valence-corrected chi connectivity index (χ2v) is 6.10. The number of carbonyl (C=O) groups is 2. The minimum Gasteiger partial charge on any atom is -0.352 e. The number of carbonyl (C=O) groups excluding carboxylic acids is 2. The molecule has 4 nitrogen and oxygen atoms in total. The fourth-order valence-corrected chi connectivity index (χ4v) is 3.26. The third-order valence-electron chi connectivity index (χ3n) is 3.38. The zero-order valence-corrected chi connectivity index (χ0v) is 13.0. The van der Waals surface area contributed by atoms with Gasteiger partial charge < -0.3 is 10.6 Å². The summed E-state index contributed by atoms with van der Waals surface area (Å²) in [6.07, 6.45) is 0.887. The highest BCUT2D eigenvalue weighted by Crippen LogP contribution is 2.38. The molecule has 3 rings (SSSR count). The monoisotopic (exact) mass is 312 g/mol. The van der Waals surface area contributed by atoms with E-state index in [1.165, 1.54) is 11.8 Å². The average Bonchev–Trinajstić information content (AvgIpc) is 2.68. The molecule has 112 valence electrons. The van der Waals surface area contributed by atoms with Gasteiger partial charge in [-0.05, 0) is 36.8 Å². The predicted molar refractivity (Wildman–Crippen MR) is 87.6 cm³/mol. The molecular formula is C17H16N2O2S. The highest BCUT2D eigenvalue weighted by atomic mass is 32.2. The largest absolute Gasteiger partial charge is 0.352 e. The van der Waals surface area contributed by atoms with Crippen LogP contribution in [-0.2, 0) is 0 Å². The number of hydrogen-bond donors (Lipinski definition) is 2. The molecule has 0 fully saturated rings. The summed E-state index contributed by atoms with van der Waals surface area (Å²) < 4.78 is 0. The first-order valence-corrected chi connectivity index (χ1v) is 8.01. The molecule has 0 radical (unpaired) electrons. The number of fused-ring (bicyclic) bond motifs is 2. The first-order valence-electron chi connectivity index (χ1n) is 7.19. The molecule has 0 spiro atoms. The maximum atomic E-state index is 12.3. The van der Waals surface area contributed by atoms with Crippen molar-refractivity contribution in [1.82, 2.24) is 5.32 Å². The van der Waals surface area contributed by atoms with Crippen LogP contribution in [-0.4, -0.2) is 18.4 Å². The molecule has 1 aliphatic rings. The van der Waals surface area contributed by atoms with Crippen LogP contribution in [0.3, 0.4) is 0 Å². The van der Waals surface area contributed by atoms with E-state index in [0.29, 0.717) is 23.4 Å². The molecule has 0 aromatic heterocycles. The highest BCUT2D eigenvalue weighted by molar-refractivity contribution is 7.99. The number of amides is 2. The fraction of sp³-hybridized carbons (Fsp3) is 0.176. The van der Waals surface area contributed by atoms with Gasteiger partial charge in [-0.15, -0.1) is 0 Å². The van der Waals surface area contributed by atoms with Crippen molar-refractivity contribution in [3.63, 3.8) is 0 Å². The predicted octanol–water partition coefficient (Wildman–Crippen LogP) is 3.54. The van der Waals surface area contributed by atoms with Crippen LogP contribution in [0, 0.1) is 0 Å². The molecule has 1 aliphatic heterocycles. The molecule has 2 aromatic carbocycles. The summed E-state index contributed by atoms with van der Waals surface area (Å²) >= 11 is 1.53. The van der Waals surface area contributed by atoms with Gasteiger partial charge in [0, 0.05) is 21.9 Å². The van der Waals surface area contributed by atoms with Crippen molar-refractivity contribution in [2.24, 2.45) is 0 Å². The molecule has 2 amide bonds. The lowest BCUT2D eigenvalue weighted by Crippen LogP contribution is -2.24. The molecule has 2 aromatic rings. The van der Waals surface area contributed by atoms with Gasteiger partial charge in [-0.25, -0.2) is 0 Å². The lowest BCUT2D eigenvalue weighted by molar-refractivity contribution is 0.0952. The maximum Gasteiger partial charge on any atom is 0.256 e. The van der Waals surface area contributed by atoms with Crippen molar-refractivity contribution in [1.29, 1.82) is 0 Å². The van der Waals surface area contributed by atoms with Crippen molar-refractivity contribution in [3.8, 4) is 0 Å². The highest BCUT2D eigenvalue weighted by Gasteiger charge is 2.20. The summed E-state index contributed by atoms with van der Waals surface area (Å²) in [6.45, 7) is 2.65. The van der Waals surface area contributed by atoms with Crippen LogP contribution < -0.4 is 10.6 Å². The van der Waals surface area contributed by atoms with Gasteiger partial charge in [-0.2, -0.15) is 0 Å². The Bertz CT molecular complexity index is 743. The van der Waals surface area contributed by atoms with E-state index in [0.717, 1.165) is 16.2 Å². The van der Waals surface area contributed by atoms with E-state index in [4.69, 9.17) is 0 Å². The third kappa shape index (κ3) is 2.85. The van der Waals surface area contributed by atoms with Gasteiger partial charge in [0.05, 0.1) is 11.3 Å². The zero-order valence-electron chi connectivity index (χ0n) is 12.2. The van der Waals surface area contributed by atoms with E-state index in [1.54, 1.807) is 18.2 Å². The molecule has 5 heteroatoms. The van der Waals surface area contributed by atoms with Gasteiger partial charge in [-0.1, -0.05) is 30.8 Å². The lowest BCUT2D eigenvalue weighted by atomic mass is 10.1. The van der Waals surface area contributed by atoms with E-state index in [2.05, 4.69) is 10.6 Å². The SMILES string of the molecule is CCCNC(=O)c1ccc2c(c1)NC(=O)c1ccccc1S2. The number of anilines is 1. The smallest absolute Gasteiger partial charge is 0.256 e. The summed E-state index contributed by atoms with van der Waals surface area (Å²) in [6, 6.07) is 12.9. The molecule has 0 atom stereocenters. The first kappa shape index (κ1) is 14.7. The first-order chi connectivity index (χ1) is 10.7. The molecule has 2 N–H and O–H groups in total. The van der Waals surface area contributed by atoms with Crippen LogP contribution >= 0.6 is 11.8 Å². The molecule has 0 saturated carbocycles. The van der Waals surface area contributed by atoms with Crippen molar-refractivity contribution < 1.29 is 9.59 Å². The Morgan fingerprint density at radius 1 is 1.18 bits per heavy atom. The van der Waals surface area contributed by atoms with Gasteiger partial charge >= 0.3 is 0 Å². The zero-order chi connectivity index (χ0) is 15.5. The van der Waals surface area contributed by atoms with E-state index in [1.807, 2.05) is 31.2 Å². The molecule has 22 heavy (non-hydrogen) atoms. The molecule has 0 bridgehead atoms. The van der Waals surface area contributed by atoms with Crippen molar-refractivity contribution in [3.05, 3.63) is 53.6 Å². The van der Waals surface area contributed by atoms with E-state index in [9.17, 15) is 9.59 Å². The van der Waals surface area contributed by atoms with Gasteiger partial charge in [0.15, 0.2) is 0 Å². The quantitative estimate of drug-likeness (QED) is 0.911. The van der Waals surface area contributed by atoms with E-state index >= 15 is 0 Å². The second kappa shape index (κ2) is 6.23. The Morgan fingerprint density at radius 3 is 2.82 bits per heavy atom. The fourth-order valence-electron chi connectivity index (χ4n) is 2.25. The average molecular weight is 312 g/mol. The Labute approximate surface area is 133 Å². The maximum absolute atomic E-state index is 12.3. The van der Waals surface area contributed by atoms with Crippen LogP contribution in [0.25, 0.3) is 0 Å². The van der Waals surface area contributed by atoms with Crippen LogP contribution in [0.15, 0.2) is 52.3 Å². The normalized spacial score (nSPS) is 12.7. The van der Waals surface area contributed by atoms with Crippen molar-refractivity contribution in [2.75, 3.05) is 11.9 Å². The minimum absolute atomic E-state index is 0.120. The van der Waals surface area contributed by atoms with Crippen molar-refractivity contribution >= 4 is 29.3 Å². The van der Waals surface area contributed by atoms with Crippen LogP contribution in [0.1, 0.15) is 34.1 Å². The number of nitrogens with one attached hydrogen (secondary N) is 2. The second-order valence-electron chi connectivity index (χ2n) is 5.02. The van der Waals surface area contributed by atoms with Crippen molar-refractivity contribution in [2.45, 2.75) is 23.1 Å². The summed E-state index contributed by atoms with van der Waals surface area (Å²) in [5, 5.41) is 5.73. The van der Waals surface area contributed by atoms with Crippen LogP contribution in [0.5, 0.6) is 0 Å². The summed E-state index contributed by atoms with van der Waals surface area (Å²) in [5.41, 5.74) is 1.88. The topological polar surface area (TPSA) is 58.2 Å². The Kier molecular flexibility index (Phi) is 4.15. The van der Waals surface area contributed by atoms with Crippen LogP contribution in [0.2, 0.25) is 0 Å². The van der Waals surface area contributed by atoms with E-state index < -0.39 is 0 Å². The molecule has 0 unspecified atom stereocenters. The van der Waals surface area contributed by atoms with Gasteiger partial charge in [0.2, 0.25) is 0 Å². The molecule has 0 aliphatic carbocycles. The van der Waals surface area contributed by atoms with E-state index in [-0.39, 0.29) is 11.8 Å². The summed E-state index contributed by atoms with van der Waals surface area (Å²) in [7, 11) is 0. The molecule has 0 saturated heterocycles. The molecular weight excluding hydrogens is 296 g/mol. The Morgan fingerprint density at radius 2 is 2.00 bits per heavy atom. The van der Waals surface area contributed by atoms with Gasteiger partial charge in [-0.3, -0.25) is 9.59 Å². The number of rotatable bonds is 3. The Balaban J connectivity index is 1.93. The minimum atomic E-state index is -0.145.